The fourth-order valence-corrected chi connectivity index (χ4v) is 1.12. The number of carbonyl (C=O) groups is 1. The molecular weight excluding hydrogens is 237 g/mol. The molecule has 0 atom stereocenters. The Morgan fingerprint density at radius 1 is 1.47 bits per heavy atom. The molecule has 0 aliphatic heterocycles. The van der Waals surface area contributed by atoms with Crippen molar-refractivity contribution in [1.29, 1.82) is 0 Å². The topological polar surface area (TPSA) is 46.5 Å². The van der Waals surface area contributed by atoms with E-state index in [0.29, 0.717) is 0 Å². The van der Waals surface area contributed by atoms with E-state index in [1.54, 1.807) is 0 Å². The van der Waals surface area contributed by atoms with Gasteiger partial charge in [-0.25, -0.2) is 18.0 Å². The number of alkyl halides is 2. The van der Waals surface area contributed by atoms with Gasteiger partial charge in [-0.3, -0.25) is 0 Å². The largest absolute Gasteiger partial charge is 0.484 e. The highest BCUT2D eigenvalue weighted by molar-refractivity contribution is 5.85. The van der Waals surface area contributed by atoms with Crippen molar-refractivity contribution in [1.82, 2.24) is 0 Å². The van der Waals surface area contributed by atoms with Gasteiger partial charge < -0.3 is 9.84 Å². The van der Waals surface area contributed by atoms with Crippen LogP contribution >= 0.6 is 0 Å². The molecule has 0 bridgehead atoms. The normalized spacial score (nSPS) is 11.1. The molecule has 0 saturated carbocycles. The van der Waals surface area contributed by atoms with Crippen LogP contribution in [0.3, 0.4) is 0 Å². The van der Waals surface area contributed by atoms with Crippen molar-refractivity contribution in [3.8, 4) is 5.75 Å². The van der Waals surface area contributed by atoms with E-state index >= 15 is 0 Å². The first-order valence-corrected chi connectivity index (χ1v) is 4.61. The number of aliphatic carboxylic acids is 1. The summed E-state index contributed by atoms with van der Waals surface area (Å²) in [5.74, 6) is -2.43. The molecule has 0 aliphatic rings. The second-order valence-electron chi connectivity index (χ2n) is 3.03. The third-order valence-electron chi connectivity index (χ3n) is 1.76. The summed E-state index contributed by atoms with van der Waals surface area (Å²) in [6.45, 7) is -0.950. The van der Waals surface area contributed by atoms with Crippen molar-refractivity contribution >= 4 is 12.0 Å². The minimum Gasteiger partial charge on any atom is -0.484 e. The maximum absolute atomic E-state index is 13.3. The van der Waals surface area contributed by atoms with Gasteiger partial charge in [0.05, 0.1) is 0 Å². The molecule has 0 saturated heterocycles. The van der Waals surface area contributed by atoms with Crippen LogP contribution in [-0.2, 0) is 4.79 Å². The Morgan fingerprint density at radius 3 is 2.76 bits per heavy atom. The van der Waals surface area contributed by atoms with Crippen molar-refractivity contribution in [2.45, 2.75) is 6.43 Å². The van der Waals surface area contributed by atoms with Crippen molar-refractivity contribution in [2.75, 3.05) is 6.61 Å². The quantitative estimate of drug-likeness (QED) is 0.812. The van der Waals surface area contributed by atoms with Crippen LogP contribution in [0.15, 0.2) is 24.3 Å². The predicted octanol–water partition coefficient (Wildman–Crippen LogP) is 2.57. The van der Waals surface area contributed by atoms with Gasteiger partial charge in [-0.2, -0.15) is 0 Å². The SMILES string of the molecule is O=C(O)/C=C/c1cccc(F)c1OCC(F)F. The average molecular weight is 246 g/mol. The fourth-order valence-electron chi connectivity index (χ4n) is 1.12. The van der Waals surface area contributed by atoms with Gasteiger partial charge in [0.25, 0.3) is 6.43 Å². The molecule has 0 spiro atoms. The molecule has 0 aliphatic carbocycles. The molecule has 92 valence electrons. The van der Waals surface area contributed by atoms with Crippen LogP contribution in [-0.4, -0.2) is 24.1 Å². The summed E-state index contributed by atoms with van der Waals surface area (Å²) in [6, 6.07) is 3.73. The zero-order valence-corrected chi connectivity index (χ0v) is 8.57. The summed E-state index contributed by atoms with van der Waals surface area (Å²) < 4.78 is 41.7. The van der Waals surface area contributed by atoms with Crippen LogP contribution in [0.25, 0.3) is 6.08 Å². The van der Waals surface area contributed by atoms with E-state index in [2.05, 4.69) is 4.74 Å². The second kappa shape index (κ2) is 5.93. The van der Waals surface area contributed by atoms with Crippen molar-refractivity contribution in [3.63, 3.8) is 0 Å². The number of carboxylic acids is 1. The predicted molar refractivity (Wildman–Crippen MR) is 54.6 cm³/mol. The lowest BCUT2D eigenvalue weighted by Crippen LogP contribution is -2.09. The van der Waals surface area contributed by atoms with E-state index in [1.165, 1.54) is 12.1 Å². The molecule has 1 rings (SSSR count). The van der Waals surface area contributed by atoms with Crippen molar-refractivity contribution in [3.05, 3.63) is 35.7 Å². The number of hydrogen-bond donors (Lipinski definition) is 1. The molecule has 0 unspecified atom stereocenters. The van der Waals surface area contributed by atoms with Crippen LogP contribution in [0.4, 0.5) is 13.2 Å². The Kier molecular flexibility index (Phi) is 4.56. The molecular formula is C11H9F3O3. The zero-order chi connectivity index (χ0) is 12.8. The number of hydrogen-bond acceptors (Lipinski definition) is 2. The van der Waals surface area contributed by atoms with Gasteiger partial charge in [-0.15, -0.1) is 0 Å². The van der Waals surface area contributed by atoms with Crippen LogP contribution in [0.2, 0.25) is 0 Å². The minimum atomic E-state index is -2.73. The Labute approximate surface area is 95.1 Å². The summed E-state index contributed by atoms with van der Waals surface area (Å²) >= 11 is 0. The van der Waals surface area contributed by atoms with E-state index in [9.17, 15) is 18.0 Å². The Morgan fingerprint density at radius 2 is 2.18 bits per heavy atom. The molecule has 17 heavy (non-hydrogen) atoms. The molecule has 0 amide bonds. The lowest BCUT2D eigenvalue weighted by molar-refractivity contribution is -0.131. The molecule has 6 heteroatoms. The number of halogens is 3. The first kappa shape index (κ1) is 13.1. The van der Waals surface area contributed by atoms with Crippen molar-refractivity contribution < 1.29 is 27.8 Å². The maximum Gasteiger partial charge on any atom is 0.328 e. The summed E-state index contributed by atoms with van der Waals surface area (Å²) in [4.78, 5) is 10.3. The second-order valence-corrected chi connectivity index (χ2v) is 3.03. The lowest BCUT2D eigenvalue weighted by atomic mass is 10.2. The first-order valence-electron chi connectivity index (χ1n) is 4.61. The maximum atomic E-state index is 13.3. The Balaban J connectivity index is 2.95. The van der Waals surface area contributed by atoms with Crippen LogP contribution in [0, 0.1) is 5.82 Å². The highest BCUT2D eigenvalue weighted by Gasteiger charge is 2.11. The molecule has 0 fully saturated rings. The Hall–Kier alpha value is -1.98. The highest BCUT2D eigenvalue weighted by Crippen LogP contribution is 2.24. The first-order chi connectivity index (χ1) is 8.00. The third kappa shape index (κ3) is 4.18. The fraction of sp³-hybridized carbons (Fsp3) is 0.182. The van der Waals surface area contributed by atoms with Gasteiger partial charge >= 0.3 is 5.97 Å². The van der Waals surface area contributed by atoms with Gasteiger partial charge in [-0.1, -0.05) is 12.1 Å². The number of carboxylic acid groups (broad SMARTS) is 1. The van der Waals surface area contributed by atoms with Gasteiger partial charge in [0.1, 0.15) is 6.61 Å². The molecule has 0 radical (unpaired) electrons. The van der Waals surface area contributed by atoms with E-state index in [0.717, 1.165) is 18.2 Å². The zero-order valence-electron chi connectivity index (χ0n) is 8.57. The number of rotatable bonds is 5. The molecule has 1 aromatic rings. The average Bonchev–Trinajstić information content (AvgIpc) is 2.24. The van der Waals surface area contributed by atoms with Gasteiger partial charge in [0.15, 0.2) is 11.6 Å². The van der Waals surface area contributed by atoms with Crippen LogP contribution in [0.1, 0.15) is 5.56 Å². The summed E-state index contributed by atoms with van der Waals surface area (Å²) in [5.41, 5.74) is 0.0908. The standard InChI is InChI=1S/C11H9F3O3/c12-8-3-1-2-7(4-5-10(15)16)11(8)17-6-9(13)14/h1-5,9H,6H2,(H,15,16)/b5-4+. The summed E-state index contributed by atoms with van der Waals surface area (Å²) in [6.07, 6.45) is -0.887. The van der Waals surface area contributed by atoms with Crippen molar-refractivity contribution in [2.24, 2.45) is 0 Å². The summed E-state index contributed by atoms with van der Waals surface area (Å²) in [5, 5.41) is 8.41. The smallest absolute Gasteiger partial charge is 0.328 e. The van der Waals surface area contributed by atoms with Gasteiger partial charge in [-0.05, 0) is 12.1 Å². The van der Waals surface area contributed by atoms with Crippen LogP contribution in [0.5, 0.6) is 5.75 Å². The van der Waals surface area contributed by atoms with Gasteiger partial charge in [0, 0.05) is 11.6 Å². The van der Waals surface area contributed by atoms with E-state index in [-0.39, 0.29) is 11.3 Å². The number of ether oxygens (including phenoxy) is 1. The van der Waals surface area contributed by atoms with Crippen LogP contribution < -0.4 is 4.74 Å². The lowest BCUT2D eigenvalue weighted by Gasteiger charge is -2.09. The molecule has 0 heterocycles. The minimum absolute atomic E-state index is 0.0908. The van der Waals surface area contributed by atoms with E-state index < -0.39 is 24.8 Å². The number of benzene rings is 1. The highest BCUT2D eigenvalue weighted by atomic mass is 19.3. The summed E-state index contributed by atoms with van der Waals surface area (Å²) in [7, 11) is 0. The number of para-hydroxylation sites is 1. The Bertz CT molecular complexity index is 430. The van der Waals surface area contributed by atoms with E-state index in [1.807, 2.05) is 0 Å². The molecule has 0 aromatic heterocycles. The molecule has 1 N–H and O–H groups in total. The monoisotopic (exact) mass is 246 g/mol. The third-order valence-corrected chi connectivity index (χ3v) is 1.76. The molecule has 1 aromatic carbocycles. The van der Waals surface area contributed by atoms with E-state index in [4.69, 9.17) is 5.11 Å². The molecule has 3 nitrogen and oxygen atoms in total. The van der Waals surface area contributed by atoms with Gasteiger partial charge in [0.2, 0.25) is 0 Å².